The van der Waals surface area contributed by atoms with E-state index >= 15 is 0 Å². The van der Waals surface area contributed by atoms with Crippen LogP contribution in [-0.2, 0) is 9.53 Å². The molecule has 1 amide bonds. The third-order valence-corrected chi connectivity index (χ3v) is 3.11. The lowest BCUT2D eigenvalue weighted by Gasteiger charge is -2.13. The van der Waals surface area contributed by atoms with E-state index < -0.39 is 40.1 Å². The molecule has 0 aliphatic carbocycles. The maximum absolute atomic E-state index is 13.1. The summed E-state index contributed by atoms with van der Waals surface area (Å²) in [4.78, 5) is 34.1. The molecule has 2 aromatic rings. The predicted molar refractivity (Wildman–Crippen MR) is 83.0 cm³/mol. The number of para-hydroxylation sites is 2. The van der Waals surface area contributed by atoms with E-state index in [2.05, 4.69) is 5.32 Å². The van der Waals surface area contributed by atoms with Crippen molar-refractivity contribution in [2.24, 2.45) is 0 Å². The van der Waals surface area contributed by atoms with Crippen LogP contribution in [0.25, 0.3) is 0 Å². The van der Waals surface area contributed by atoms with Gasteiger partial charge in [-0.1, -0.05) is 12.1 Å². The topological polar surface area (TPSA) is 98.5 Å². The van der Waals surface area contributed by atoms with E-state index in [4.69, 9.17) is 4.74 Å². The molecule has 130 valence electrons. The summed E-state index contributed by atoms with van der Waals surface area (Å²) in [5, 5.41) is 13.2. The Kier molecular flexibility index (Phi) is 5.38. The smallest absolute Gasteiger partial charge is 0.339 e. The Hall–Kier alpha value is -3.36. The standard InChI is InChI=1S/C16H12F2N2O5/c1-9(25-16(22)10-6-11(17)8-12(18)7-10)15(21)19-13-4-2-3-5-14(13)20(23)24/h2-9H,1H3,(H,19,21)/t9-/m1/s1. The number of carbonyl (C=O) groups excluding carboxylic acids is 2. The summed E-state index contributed by atoms with van der Waals surface area (Å²) in [6, 6.07) is 7.52. The van der Waals surface area contributed by atoms with Crippen LogP contribution in [0.4, 0.5) is 20.2 Å². The van der Waals surface area contributed by atoms with E-state index in [1.165, 1.54) is 31.2 Å². The van der Waals surface area contributed by atoms with Crippen molar-refractivity contribution < 1.29 is 28.0 Å². The number of nitro groups is 1. The van der Waals surface area contributed by atoms with Crippen molar-refractivity contribution in [3.05, 3.63) is 69.8 Å². The van der Waals surface area contributed by atoms with Gasteiger partial charge in [-0.15, -0.1) is 0 Å². The highest BCUT2D eigenvalue weighted by Crippen LogP contribution is 2.23. The minimum atomic E-state index is -1.35. The molecular weight excluding hydrogens is 338 g/mol. The first kappa shape index (κ1) is 18.0. The van der Waals surface area contributed by atoms with Gasteiger partial charge in [0.1, 0.15) is 17.3 Å². The fraction of sp³-hybridized carbons (Fsp3) is 0.125. The molecule has 0 aliphatic rings. The van der Waals surface area contributed by atoms with Crippen molar-refractivity contribution in [1.29, 1.82) is 0 Å². The molecule has 0 spiro atoms. The molecule has 0 unspecified atom stereocenters. The van der Waals surface area contributed by atoms with Gasteiger partial charge in [0.2, 0.25) is 0 Å². The number of esters is 1. The average Bonchev–Trinajstić information content (AvgIpc) is 2.54. The number of nitrogens with one attached hydrogen (secondary N) is 1. The van der Waals surface area contributed by atoms with Crippen molar-refractivity contribution in [3.63, 3.8) is 0 Å². The Morgan fingerprint density at radius 3 is 2.36 bits per heavy atom. The van der Waals surface area contributed by atoms with Crippen LogP contribution in [-0.4, -0.2) is 22.9 Å². The molecule has 0 heterocycles. The number of amides is 1. The number of nitrogens with zero attached hydrogens (tertiary/aromatic N) is 1. The number of benzene rings is 2. The SMILES string of the molecule is C[C@@H](OC(=O)c1cc(F)cc(F)c1)C(=O)Nc1ccccc1[N+](=O)[O-]. The number of anilines is 1. The van der Waals surface area contributed by atoms with Crippen LogP contribution in [0.15, 0.2) is 42.5 Å². The van der Waals surface area contributed by atoms with Gasteiger partial charge >= 0.3 is 5.97 Å². The molecule has 1 atom stereocenters. The van der Waals surface area contributed by atoms with Gasteiger partial charge in [0, 0.05) is 12.1 Å². The van der Waals surface area contributed by atoms with Crippen molar-refractivity contribution in [2.45, 2.75) is 13.0 Å². The monoisotopic (exact) mass is 350 g/mol. The van der Waals surface area contributed by atoms with Crippen LogP contribution < -0.4 is 5.32 Å². The maximum atomic E-state index is 13.1. The Morgan fingerprint density at radius 1 is 1.16 bits per heavy atom. The molecular formula is C16H12F2N2O5. The van der Waals surface area contributed by atoms with Gasteiger partial charge in [-0.25, -0.2) is 13.6 Å². The quantitative estimate of drug-likeness (QED) is 0.508. The largest absolute Gasteiger partial charge is 0.449 e. The van der Waals surface area contributed by atoms with E-state index in [0.717, 1.165) is 12.1 Å². The molecule has 0 radical (unpaired) electrons. The van der Waals surface area contributed by atoms with Gasteiger partial charge < -0.3 is 10.1 Å². The van der Waals surface area contributed by atoms with Crippen molar-refractivity contribution in [3.8, 4) is 0 Å². The number of ether oxygens (including phenoxy) is 1. The first-order valence-corrected chi connectivity index (χ1v) is 6.99. The van der Waals surface area contributed by atoms with Crippen LogP contribution in [0.2, 0.25) is 0 Å². The van der Waals surface area contributed by atoms with Crippen LogP contribution in [0, 0.1) is 21.7 Å². The maximum Gasteiger partial charge on any atom is 0.339 e. The molecule has 1 N–H and O–H groups in total. The molecule has 0 saturated carbocycles. The van der Waals surface area contributed by atoms with Gasteiger partial charge in [-0.3, -0.25) is 14.9 Å². The number of halogens is 2. The Morgan fingerprint density at radius 2 is 1.76 bits per heavy atom. The van der Waals surface area contributed by atoms with E-state index in [1.54, 1.807) is 0 Å². The normalized spacial score (nSPS) is 11.5. The molecule has 25 heavy (non-hydrogen) atoms. The Bertz CT molecular complexity index is 821. The molecule has 2 aromatic carbocycles. The summed E-state index contributed by atoms with van der Waals surface area (Å²) in [6.07, 6.45) is -1.35. The molecule has 0 aromatic heterocycles. The number of carbonyl (C=O) groups is 2. The number of nitro benzene ring substituents is 1. The zero-order valence-electron chi connectivity index (χ0n) is 12.9. The third-order valence-electron chi connectivity index (χ3n) is 3.11. The summed E-state index contributed by atoms with van der Waals surface area (Å²) < 4.78 is 31.0. The van der Waals surface area contributed by atoms with Crippen molar-refractivity contribution >= 4 is 23.3 Å². The molecule has 9 heteroatoms. The zero-order valence-corrected chi connectivity index (χ0v) is 12.9. The van der Waals surface area contributed by atoms with E-state index in [9.17, 15) is 28.5 Å². The number of rotatable bonds is 5. The Balaban J connectivity index is 2.08. The first-order chi connectivity index (χ1) is 11.8. The summed E-state index contributed by atoms with van der Waals surface area (Å²) in [6.45, 7) is 1.22. The predicted octanol–water partition coefficient (Wildman–Crippen LogP) is 3.06. The summed E-state index contributed by atoms with van der Waals surface area (Å²) in [5.41, 5.74) is -0.804. The van der Waals surface area contributed by atoms with Crippen LogP contribution in [0.1, 0.15) is 17.3 Å². The second-order valence-corrected chi connectivity index (χ2v) is 4.97. The lowest BCUT2D eigenvalue weighted by atomic mass is 10.2. The fourth-order valence-corrected chi connectivity index (χ4v) is 1.93. The third kappa shape index (κ3) is 4.56. The fourth-order valence-electron chi connectivity index (χ4n) is 1.93. The summed E-state index contributed by atoms with van der Waals surface area (Å²) in [5.74, 6) is -3.88. The van der Waals surface area contributed by atoms with Gasteiger partial charge in [-0.2, -0.15) is 0 Å². The number of hydrogen-bond acceptors (Lipinski definition) is 5. The van der Waals surface area contributed by atoms with Gasteiger partial charge in [0.15, 0.2) is 6.10 Å². The highest BCUT2D eigenvalue weighted by Gasteiger charge is 2.22. The first-order valence-electron chi connectivity index (χ1n) is 6.99. The van der Waals surface area contributed by atoms with E-state index in [-0.39, 0.29) is 11.4 Å². The van der Waals surface area contributed by atoms with E-state index in [1.807, 2.05) is 0 Å². The molecule has 0 bridgehead atoms. The summed E-state index contributed by atoms with van der Waals surface area (Å²) in [7, 11) is 0. The lowest BCUT2D eigenvalue weighted by molar-refractivity contribution is -0.383. The van der Waals surface area contributed by atoms with Crippen LogP contribution >= 0.6 is 0 Å². The molecule has 0 fully saturated rings. The second kappa shape index (κ2) is 7.47. The molecule has 0 saturated heterocycles. The number of hydrogen-bond donors (Lipinski definition) is 1. The van der Waals surface area contributed by atoms with Gasteiger partial charge in [-0.05, 0) is 25.1 Å². The average molecular weight is 350 g/mol. The zero-order chi connectivity index (χ0) is 18.6. The lowest BCUT2D eigenvalue weighted by Crippen LogP contribution is -2.30. The van der Waals surface area contributed by atoms with Crippen LogP contribution in [0.5, 0.6) is 0 Å². The highest BCUT2D eigenvalue weighted by molar-refractivity contribution is 5.98. The molecule has 2 rings (SSSR count). The van der Waals surface area contributed by atoms with Crippen molar-refractivity contribution in [1.82, 2.24) is 0 Å². The van der Waals surface area contributed by atoms with Crippen LogP contribution in [0.3, 0.4) is 0 Å². The molecule has 0 aliphatic heterocycles. The van der Waals surface area contributed by atoms with Crippen molar-refractivity contribution in [2.75, 3.05) is 5.32 Å². The molecule has 7 nitrogen and oxygen atoms in total. The Labute approximate surface area is 140 Å². The second-order valence-electron chi connectivity index (χ2n) is 4.97. The van der Waals surface area contributed by atoms with E-state index in [0.29, 0.717) is 6.07 Å². The van der Waals surface area contributed by atoms with Gasteiger partial charge in [0.25, 0.3) is 11.6 Å². The van der Waals surface area contributed by atoms with Gasteiger partial charge in [0.05, 0.1) is 10.5 Å². The minimum absolute atomic E-state index is 0.0720. The summed E-state index contributed by atoms with van der Waals surface area (Å²) >= 11 is 0. The minimum Gasteiger partial charge on any atom is -0.449 e. The highest BCUT2D eigenvalue weighted by atomic mass is 19.1.